The average Bonchev–Trinajstić information content (AvgIpc) is 2.53. The van der Waals surface area contributed by atoms with E-state index in [2.05, 4.69) is 4.98 Å². The van der Waals surface area contributed by atoms with Crippen LogP contribution in [-0.4, -0.2) is 7.11 Å². The van der Waals surface area contributed by atoms with Crippen molar-refractivity contribution in [2.45, 2.75) is 13.1 Å². The van der Waals surface area contributed by atoms with Gasteiger partial charge in [0.15, 0.2) is 0 Å². The number of aromatic nitrogens is 1. The Morgan fingerprint density at radius 3 is 2.30 bits per heavy atom. The largest absolute Gasteiger partial charge is 0.496 e. The highest BCUT2D eigenvalue weighted by atomic mass is 19.4. The molecule has 2 nitrogen and oxygen atoms in total. The van der Waals surface area contributed by atoms with E-state index in [-0.39, 0.29) is 5.52 Å². The number of H-pyrrole nitrogens is 1. The van der Waals surface area contributed by atoms with Gasteiger partial charge in [0.05, 0.1) is 18.6 Å². The molecule has 0 saturated carbocycles. The van der Waals surface area contributed by atoms with Gasteiger partial charge < -0.3 is 4.74 Å². The van der Waals surface area contributed by atoms with Crippen molar-refractivity contribution in [3.63, 3.8) is 0 Å². The number of aromatic amines is 1. The van der Waals surface area contributed by atoms with E-state index >= 15 is 0 Å². The van der Waals surface area contributed by atoms with Crippen molar-refractivity contribution >= 4 is 10.9 Å². The number of pyridine rings is 1. The number of hydrogen-bond acceptors (Lipinski definition) is 1. The van der Waals surface area contributed by atoms with Crippen LogP contribution in [0.25, 0.3) is 22.2 Å². The first-order valence-electron chi connectivity index (χ1n) is 7.07. The molecule has 0 bridgehead atoms. The molecule has 0 aliphatic carbocycles. The summed E-state index contributed by atoms with van der Waals surface area (Å²) in [6, 6.07) is 13.3. The molecule has 0 aliphatic heterocycles. The van der Waals surface area contributed by atoms with Crippen LogP contribution in [0.15, 0.2) is 48.5 Å². The van der Waals surface area contributed by atoms with Crippen molar-refractivity contribution in [3.8, 4) is 17.0 Å². The lowest BCUT2D eigenvalue weighted by molar-refractivity contribution is -0.333. The van der Waals surface area contributed by atoms with Crippen LogP contribution in [0.3, 0.4) is 0 Å². The van der Waals surface area contributed by atoms with Gasteiger partial charge in [-0.15, -0.1) is 0 Å². The number of ether oxygens (including phenoxy) is 1. The van der Waals surface area contributed by atoms with Crippen molar-refractivity contribution in [3.05, 3.63) is 59.7 Å². The summed E-state index contributed by atoms with van der Waals surface area (Å²) in [5.41, 5.74) is 1.77. The second kappa shape index (κ2) is 5.57. The quantitative estimate of drug-likeness (QED) is 0.674. The molecule has 0 saturated heterocycles. The van der Waals surface area contributed by atoms with Gasteiger partial charge in [0.2, 0.25) is 11.2 Å². The summed E-state index contributed by atoms with van der Waals surface area (Å²) in [5, 5.41) is 0.401. The SMILES string of the molecule is COc1cc(-c2ccc(C)cc2)[nH+]c2c(C(F)(F)F)cccc12. The van der Waals surface area contributed by atoms with E-state index in [0.29, 0.717) is 16.8 Å². The fourth-order valence-electron chi connectivity index (χ4n) is 2.57. The number of benzene rings is 2. The third-order valence-electron chi connectivity index (χ3n) is 3.75. The molecular weight excluding hydrogens is 303 g/mol. The van der Waals surface area contributed by atoms with Gasteiger partial charge in [0.1, 0.15) is 11.3 Å². The number of halogens is 3. The molecule has 0 aliphatic rings. The summed E-state index contributed by atoms with van der Waals surface area (Å²) in [6.45, 7) is 1.95. The van der Waals surface area contributed by atoms with Crippen LogP contribution in [0, 0.1) is 6.92 Å². The minimum absolute atomic E-state index is 0.0231. The number of para-hydroxylation sites is 1. The number of nitrogens with one attached hydrogen (secondary N) is 1. The smallest absolute Gasteiger partial charge is 0.422 e. The van der Waals surface area contributed by atoms with Crippen LogP contribution in [0.1, 0.15) is 11.1 Å². The number of rotatable bonds is 2. The lowest BCUT2D eigenvalue weighted by Gasteiger charge is -2.09. The first kappa shape index (κ1) is 15.3. The second-order valence-electron chi connectivity index (χ2n) is 5.34. The van der Waals surface area contributed by atoms with Gasteiger partial charge in [0, 0.05) is 5.56 Å². The normalized spacial score (nSPS) is 11.7. The van der Waals surface area contributed by atoms with Crippen LogP contribution in [0.4, 0.5) is 13.2 Å². The fraction of sp³-hybridized carbons (Fsp3) is 0.167. The monoisotopic (exact) mass is 318 g/mol. The van der Waals surface area contributed by atoms with Crippen LogP contribution in [0.5, 0.6) is 5.75 Å². The number of alkyl halides is 3. The van der Waals surface area contributed by atoms with Gasteiger partial charge in [-0.25, -0.2) is 4.98 Å². The Morgan fingerprint density at radius 2 is 1.70 bits per heavy atom. The van der Waals surface area contributed by atoms with Crippen molar-refractivity contribution < 1.29 is 22.9 Å². The summed E-state index contributed by atoms with van der Waals surface area (Å²) in [4.78, 5) is 2.91. The van der Waals surface area contributed by atoms with Gasteiger partial charge >= 0.3 is 6.18 Å². The first-order valence-corrected chi connectivity index (χ1v) is 7.07. The summed E-state index contributed by atoms with van der Waals surface area (Å²) < 4.78 is 45.1. The topological polar surface area (TPSA) is 23.4 Å². The summed E-state index contributed by atoms with van der Waals surface area (Å²) >= 11 is 0. The summed E-state index contributed by atoms with van der Waals surface area (Å²) in [6.07, 6.45) is -4.44. The van der Waals surface area contributed by atoms with E-state index in [1.165, 1.54) is 13.2 Å². The molecule has 118 valence electrons. The highest BCUT2D eigenvalue weighted by Gasteiger charge is 2.36. The Hall–Kier alpha value is -2.56. The molecular formula is C18H15F3NO+. The van der Waals surface area contributed by atoms with Crippen molar-refractivity contribution in [2.24, 2.45) is 0 Å². The molecule has 0 fully saturated rings. The Balaban J connectivity index is 2.31. The molecule has 3 rings (SSSR count). The molecule has 0 amide bonds. The minimum atomic E-state index is -4.44. The Kier molecular flexibility index (Phi) is 3.72. The van der Waals surface area contributed by atoms with Gasteiger partial charge in [0.25, 0.3) is 0 Å². The van der Waals surface area contributed by atoms with Crippen LogP contribution in [-0.2, 0) is 6.18 Å². The van der Waals surface area contributed by atoms with Gasteiger partial charge in [-0.1, -0.05) is 23.8 Å². The molecule has 2 aromatic carbocycles. The standard InChI is InChI=1S/C18H14F3NO/c1-11-6-8-12(9-7-11)15-10-16(23-2)13-4-3-5-14(17(13)22-15)18(19,20)21/h3-10H,1-2H3/p+1. The molecule has 1 N–H and O–H groups in total. The first-order chi connectivity index (χ1) is 10.9. The van der Waals surface area contributed by atoms with Crippen molar-refractivity contribution in [2.75, 3.05) is 7.11 Å². The highest BCUT2D eigenvalue weighted by molar-refractivity contribution is 5.87. The van der Waals surface area contributed by atoms with Crippen molar-refractivity contribution in [1.82, 2.24) is 0 Å². The number of hydrogen-bond donors (Lipinski definition) is 0. The van der Waals surface area contributed by atoms with E-state index < -0.39 is 11.7 Å². The van der Waals surface area contributed by atoms with Gasteiger partial charge in [-0.2, -0.15) is 13.2 Å². The molecule has 1 aromatic heterocycles. The van der Waals surface area contributed by atoms with E-state index in [9.17, 15) is 13.2 Å². The molecule has 5 heteroatoms. The number of fused-ring (bicyclic) bond motifs is 1. The number of aryl methyl sites for hydroxylation is 1. The third kappa shape index (κ3) is 2.86. The van der Waals surface area contributed by atoms with Gasteiger partial charge in [-0.05, 0) is 31.2 Å². The van der Waals surface area contributed by atoms with Crippen LogP contribution >= 0.6 is 0 Å². The molecule has 0 spiro atoms. The predicted molar refractivity (Wildman–Crippen MR) is 82.2 cm³/mol. The maximum atomic E-state index is 13.3. The van der Waals surface area contributed by atoms with Gasteiger partial charge in [-0.3, -0.25) is 0 Å². The molecule has 0 unspecified atom stereocenters. The fourth-order valence-corrected chi connectivity index (χ4v) is 2.57. The van der Waals surface area contributed by atoms with E-state index in [0.717, 1.165) is 17.2 Å². The molecule has 0 atom stereocenters. The van der Waals surface area contributed by atoms with Crippen LogP contribution in [0.2, 0.25) is 0 Å². The molecule has 0 radical (unpaired) electrons. The zero-order chi connectivity index (χ0) is 16.6. The van der Waals surface area contributed by atoms with Crippen molar-refractivity contribution in [1.29, 1.82) is 0 Å². The van der Waals surface area contributed by atoms with E-state index in [1.807, 2.05) is 31.2 Å². The average molecular weight is 318 g/mol. The molecule has 1 heterocycles. The summed E-state index contributed by atoms with van der Waals surface area (Å²) in [7, 11) is 1.45. The minimum Gasteiger partial charge on any atom is -0.496 e. The second-order valence-corrected chi connectivity index (χ2v) is 5.34. The molecule has 3 aromatic rings. The highest BCUT2D eigenvalue weighted by Crippen LogP contribution is 2.36. The maximum absolute atomic E-state index is 13.3. The maximum Gasteiger partial charge on any atom is 0.422 e. The van der Waals surface area contributed by atoms with E-state index in [4.69, 9.17) is 4.74 Å². The number of methoxy groups -OCH3 is 1. The lowest BCUT2D eigenvalue weighted by atomic mass is 10.0. The van der Waals surface area contributed by atoms with Crippen LogP contribution < -0.4 is 9.72 Å². The molecule has 23 heavy (non-hydrogen) atoms. The third-order valence-corrected chi connectivity index (χ3v) is 3.75. The lowest BCUT2D eigenvalue weighted by Crippen LogP contribution is -2.16. The Morgan fingerprint density at radius 1 is 1.00 bits per heavy atom. The summed E-state index contributed by atoms with van der Waals surface area (Å²) in [5.74, 6) is 0.403. The Labute approximate surface area is 131 Å². The van der Waals surface area contributed by atoms with E-state index in [1.54, 1.807) is 12.1 Å². The zero-order valence-electron chi connectivity index (χ0n) is 12.7. The zero-order valence-corrected chi connectivity index (χ0v) is 12.7. The predicted octanol–water partition coefficient (Wildman–Crippen LogP) is 4.66. The Bertz CT molecular complexity index is 855.